The third-order valence-electron chi connectivity index (χ3n) is 3.32. The molecular weight excluding hydrogens is 268 g/mol. The number of para-hydroxylation sites is 1. The van der Waals surface area contributed by atoms with E-state index in [-0.39, 0.29) is 11.8 Å². The minimum Gasteiger partial charge on any atom is -0.440 e. The van der Waals surface area contributed by atoms with Crippen LogP contribution >= 0.6 is 11.6 Å². The van der Waals surface area contributed by atoms with Gasteiger partial charge in [-0.3, -0.25) is 14.9 Å². The van der Waals surface area contributed by atoms with E-state index in [1.807, 2.05) is 0 Å². The lowest BCUT2D eigenvalue weighted by Gasteiger charge is -2.15. The number of ketones is 1. The summed E-state index contributed by atoms with van der Waals surface area (Å²) in [7, 11) is 0. The number of nitrogens with one attached hydrogen (secondary N) is 1. The molecule has 1 aliphatic carbocycles. The molecule has 1 saturated heterocycles. The van der Waals surface area contributed by atoms with Gasteiger partial charge in [-0.15, -0.1) is 0 Å². The molecule has 0 bridgehead atoms. The van der Waals surface area contributed by atoms with E-state index >= 15 is 0 Å². The number of hydrogen-bond donors (Lipinski definition) is 1. The Balaban J connectivity index is 1.92. The number of aliphatic imine (C=N–C) groups is 1. The summed E-state index contributed by atoms with van der Waals surface area (Å²) in [5.41, 5.74) is -0.873. The topological polar surface area (TPSA) is 67.8 Å². The standard InChI is InChI=1S/C13H11ClN2O3/c14-8-4-1-2-5-9(8)15-12-16-11(18)13(19-12)7-3-6-10(13)17/h1-2,4-5H,3,6-7H2,(H,15,16,18). The Labute approximate surface area is 114 Å². The van der Waals surface area contributed by atoms with Gasteiger partial charge >= 0.3 is 0 Å². The molecule has 1 saturated carbocycles. The van der Waals surface area contributed by atoms with Crippen LogP contribution in [0.15, 0.2) is 29.3 Å². The number of amidine groups is 1. The van der Waals surface area contributed by atoms with Crippen LogP contribution in [-0.2, 0) is 14.3 Å². The van der Waals surface area contributed by atoms with E-state index in [9.17, 15) is 9.59 Å². The number of carbonyl (C=O) groups is 2. The molecule has 1 aliphatic heterocycles. The molecule has 1 heterocycles. The van der Waals surface area contributed by atoms with Crippen molar-refractivity contribution in [1.82, 2.24) is 5.32 Å². The largest absolute Gasteiger partial charge is 0.440 e. The molecule has 1 amide bonds. The van der Waals surface area contributed by atoms with Gasteiger partial charge in [0, 0.05) is 12.8 Å². The van der Waals surface area contributed by atoms with E-state index in [1.54, 1.807) is 24.3 Å². The van der Waals surface area contributed by atoms with Gasteiger partial charge in [0.2, 0.25) is 5.60 Å². The first kappa shape index (κ1) is 12.2. The summed E-state index contributed by atoms with van der Waals surface area (Å²) >= 11 is 5.98. The first-order chi connectivity index (χ1) is 9.12. The number of hydrogen-bond acceptors (Lipinski definition) is 4. The Morgan fingerprint density at radius 3 is 2.79 bits per heavy atom. The van der Waals surface area contributed by atoms with Gasteiger partial charge in [-0.05, 0) is 18.6 Å². The maximum absolute atomic E-state index is 11.9. The monoisotopic (exact) mass is 278 g/mol. The highest BCUT2D eigenvalue weighted by molar-refractivity contribution is 6.33. The van der Waals surface area contributed by atoms with Crippen LogP contribution < -0.4 is 5.32 Å². The van der Waals surface area contributed by atoms with Crippen LogP contribution in [0.4, 0.5) is 5.69 Å². The molecule has 3 rings (SSSR count). The number of rotatable bonds is 1. The summed E-state index contributed by atoms with van der Waals surface area (Å²) in [5.74, 6) is -0.616. The summed E-state index contributed by atoms with van der Waals surface area (Å²) in [6.07, 6.45) is 1.43. The number of halogens is 1. The third-order valence-corrected chi connectivity index (χ3v) is 3.64. The second-order valence-electron chi connectivity index (χ2n) is 4.53. The summed E-state index contributed by atoms with van der Waals surface area (Å²) in [5, 5.41) is 2.95. The second-order valence-corrected chi connectivity index (χ2v) is 4.94. The van der Waals surface area contributed by atoms with Gasteiger partial charge in [0.25, 0.3) is 11.9 Å². The summed E-state index contributed by atoms with van der Waals surface area (Å²) in [6, 6.07) is 6.98. The average Bonchev–Trinajstić information content (AvgIpc) is 2.89. The van der Waals surface area contributed by atoms with Gasteiger partial charge in [0.05, 0.1) is 10.7 Å². The van der Waals surface area contributed by atoms with Crippen molar-refractivity contribution in [2.45, 2.75) is 24.9 Å². The molecular formula is C13H11ClN2O3. The van der Waals surface area contributed by atoms with Crippen molar-refractivity contribution in [3.8, 4) is 0 Å². The lowest BCUT2D eigenvalue weighted by atomic mass is 10.0. The van der Waals surface area contributed by atoms with Crippen LogP contribution in [0.5, 0.6) is 0 Å². The van der Waals surface area contributed by atoms with E-state index in [0.29, 0.717) is 30.0 Å². The fourth-order valence-corrected chi connectivity index (χ4v) is 2.50. The molecule has 2 fully saturated rings. The van der Waals surface area contributed by atoms with Crippen molar-refractivity contribution >= 4 is 35.0 Å². The van der Waals surface area contributed by atoms with Gasteiger partial charge in [0.1, 0.15) is 0 Å². The van der Waals surface area contributed by atoms with Crippen LogP contribution in [0, 0.1) is 0 Å². The summed E-state index contributed by atoms with van der Waals surface area (Å²) < 4.78 is 5.47. The molecule has 19 heavy (non-hydrogen) atoms. The zero-order valence-corrected chi connectivity index (χ0v) is 10.7. The molecule has 0 radical (unpaired) electrons. The van der Waals surface area contributed by atoms with Crippen LogP contribution in [0.2, 0.25) is 5.02 Å². The fraction of sp³-hybridized carbons (Fsp3) is 0.308. The van der Waals surface area contributed by atoms with E-state index in [2.05, 4.69) is 10.3 Å². The quantitative estimate of drug-likeness (QED) is 0.799. The molecule has 6 heteroatoms. The highest BCUT2D eigenvalue weighted by Crippen LogP contribution is 2.34. The fourth-order valence-electron chi connectivity index (χ4n) is 2.32. The van der Waals surface area contributed by atoms with Crippen molar-refractivity contribution < 1.29 is 14.3 Å². The molecule has 0 aromatic heterocycles. The number of nitrogens with zero attached hydrogens (tertiary/aromatic N) is 1. The van der Waals surface area contributed by atoms with Crippen LogP contribution in [0.3, 0.4) is 0 Å². The SMILES string of the molecule is O=C1CCCC12OC(=Nc1ccccc1Cl)NC2=O. The molecule has 98 valence electrons. The molecule has 1 aromatic carbocycles. The number of ether oxygens (including phenoxy) is 1. The van der Waals surface area contributed by atoms with Crippen molar-refractivity contribution in [3.05, 3.63) is 29.3 Å². The highest BCUT2D eigenvalue weighted by atomic mass is 35.5. The van der Waals surface area contributed by atoms with Gasteiger partial charge in [0.15, 0.2) is 5.78 Å². The number of carbonyl (C=O) groups excluding carboxylic acids is 2. The number of Topliss-reactive ketones (excluding diaryl/α,β-unsaturated/α-hetero) is 1. The lowest BCUT2D eigenvalue weighted by molar-refractivity contribution is -0.142. The normalized spacial score (nSPS) is 27.9. The van der Waals surface area contributed by atoms with Gasteiger partial charge in [-0.1, -0.05) is 23.7 Å². The molecule has 1 atom stereocenters. The van der Waals surface area contributed by atoms with Gasteiger partial charge < -0.3 is 4.74 Å². The maximum Gasteiger partial charge on any atom is 0.298 e. The predicted octanol–water partition coefficient (Wildman–Crippen LogP) is 1.97. The second kappa shape index (κ2) is 4.35. The zero-order valence-electron chi connectivity index (χ0n) is 9.98. The Bertz CT molecular complexity index is 599. The zero-order chi connectivity index (χ0) is 13.5. The number of benzene rings is 1. The van der Waals surface area contributed by atoms with Gasteiger partial charge in [-0.25, -0.2) is 0 Å². The third kappa shape index (κ3) is 1.90. The summed E-state index contributed by atoms with van der Waals surface area (Å²) in [4.78, 5) is 27.9. The Morgan fingerprint density at radius 2 is 2.11 bits per heavy atom. The Kier molecular flexibility index (Phi) is 2.78. The van der Waals surface area contributed by atoms with Gasteiger partial charge in [-0.2, -0.15) is 4.99 Å². The van der Waals surface area contributed by atoms with Crippen molar-refractivity contribution in [1.29, 1.82) is 0 Å². The minimum absolute atomic E-state index is 0.0355. The van der Waals surface area contributed by atoms with Crippen LogP contribution in [-0.4, -0.2) is 23.3 Å². The number of amides is 1. The first-order valence-corrected chi connectivity index (χ1v) is 6.37. The lowest BCUT2D eigenvalue weighted by Crippen LogP contribution is -2.42. The predicted molar refractivity (Wildman–Crippen MR) is 69.4 cm³/mol. The van der Waals surface area contributed by atoms with E-state index < -0.39 is 11.5 Å². The molecule has 1 unspecified atom stereocenters. The summed E-state index contributed by atoms with van der Waals surface area (Å²) in [6.45, 7) is 0. The molecule has 1 N–H and O–H groups in total. The minimum atomic E-state index is -1.36. The maximum atomic E-state index is 11.9. The molecule has 1 spiro atoms. The van der Waals surface area contributed by atoms with Crippen molar-refractivity contribution in [2.24, 2.45) is 4.99 Å². The Morgan fingerprint density at radius 1 is 1.32 bits per heavy atom. The van der Waals surface area contributed by atoms with E-state index in [1.165, 1.54) is 0 Å². The average molecular weight is 279 g/mol. The first-order valence-electron chi connectivity index (χ1n) is 5.99. The Hall–Kier alpha value is -1.88. The molecule has 5 nitrogen and oxygen atoms in total. The smallest absolute Gasteiger partial charge is 0.298 e. The van der Waals surface area contributed by atoms with E-state index in [4.69, 9.17) is 16.3 Å². The van der Waals surface area contributed by atoms with E-state index in [0.717, 1.165) is 0 Å². The van der Waals surface area contributed by atoms with Crippen LogP contribution in [0.1, 0.15) is 19.3 Å². The highest BCUT2D eigenvalue weighted by Gasteiger charge is 2.56. The molecule has 2 aliphatic rings. The molecule has 1 aromatic rings. The van der Waals surface area contributed by atoms with Crippen molar-refractivity contribution in [2.75, 3.05) is 0 Å². The van der Waals surface area contributed by atoms with Crippen LogP contribution in [0.25, 0.3) is 0 Å². The van der Waals surface area contributed by atoms with Crippen molar-refractivity contribution in [3.63, 3.8) is 0 Å².